The van der Waals surface area contributed by atoms with Crippen LogP contribution in [-0.4, -0.2) is 12.5 Å². The van der Waals surface area contributed by atoms with Gasteiger partial charge in [0.15, 0.2) is 6.61 Å². The molecule has 1 aliphatic rings. The zero-order valence-corrected chi connectivity index (χ0v) is 15.1. The fraction of sp³-hybridized carbons (Fsp3) is 0.136. The van der Waals surface area contributed by atoms with Crippen LogP contribution < -0.4 is 10.1 Å². The lowest BCUT2D eigenvalue weighted by atomic mass is 10.1. The first-order valence-electron chi connectivity index (χ1n) is 8.50. The molecule has 0 spiro atoms. The number of aryl methyl sites for hydroxylation is 1. The summed E-state index contributed by atoms with van der Waals surface area (Å²) in [6, 6.07) is 19.8. The van der Waals surface area contributed by atoms with Gasteiger partial charge in [-0.25, -0.2) is 0 Å². The molecule has 4 rings (SSSR count). The fourth-order valence-corrected chi connectivity index (χ4v) is 3.56. The number of ether oxygens (including phenoxy) is 1. The number of fused-ring (bicyclic) bond motifs is 3. The van der Waals surface area contributed by atoms with Gasteiger partial charge in [-0.1, -0.05) is 41.9 Å². The molecule has 0 bridgehead atoms. The first kappa shape index (κ1) is 16.7. The summed E-state index contributed by atoms with van der Waals surface area (Å²) in [5.74, 6) is 0.476. The molecule has 0 heterocycles. The van der Waals surface area contributed by atoms with E-state index in [9.17, 15) is 4.79 Å². The Labute approximate surface area is 157 Å². The highest BCUT2D eigenvalue weighted by Crippen LogP contribution is 2.37. The van der Waals surface area contributed by atoms with Crippen molar-refractivity contribution in [1.82, 2.24) is 0 Å². The van der Waals surface area contributed by atoms with Crippen molar-refractivity contribution in [2.75, 3.05) is 11.9 Å². The molecule has 130 valence electrons. The van der Waals surface area contributed by atoms with Crippen LogP contribution in [0.3, 0.4) is 0 Å². The Morgan fingerprint density at radius 2 is 1.85 bits per heavy atom. The second kappa shape index (κ2) is 6.85. The van der Waals surface area contributed by atoms with Gasteiger partial charge < -0.3 is 10.1 Å². The van der Waals surface area contributed by atoms with E-state index >= 15 is 0 Å². The van der Waals surface area contributed by atoms with Crippen molar-refractivity contribution in [3.05, 3.63) is 82.4 Å². The number of amides is 1. The highest BCUT2D eigenvalue weighted by molar-refractivity contribution is 6.30. The van der Waals surface area contributed by atoms with Gasteiger partial charge in [0.25, 0.3) is 5.91 Å². The molecule has 26 heavy (non-hydrogen) atoms. The summed E-state index contributed by atoms with van der Waals surface area (Å²) in [5, 5.41) is 3.56. The summed E-state index contributed by atoms with van der Waals surface area (Å²) in [6.07, 6.45) is 0.898. The summed E-state index contributed by atoms with van der Waals surface area (Å²) >= 11 is 5.93. The number of carbonyl (C=O) groups excluding carboxylic acids is 1. The normalized spacial score (nSPS) is 11.6. The van der Waals surface area contributed by atoms with E-state index in [0.29, 0.717) is 10.8 Å². The van der Waals surface area contributed by atoms with E-state index in [1.807, 2.05) is 25.1 Å². The largest absolute Gasteiger partial charge is 0.483 e. The van der Waals surface area contributed by atoms with Gasteiger partial charge in [-0.2, -0.15) is 0 Å². The van der Waals surface area contributed by atoms with Gasteiger partial charge in [-0.3, -0.25) is 4.79 Å². The van der Waals surface area contributed by atoms with Crippen molar-refractivity contribution in [3.8, 4) is 16.9 Å². The molecule has 1 amide bonds. The van der Waals surface area contributed by atoms with Gasteiger partial charge in [0.05, 0.1) is 0 Å². The molecule has 0 saturated heterocycles. The van der Waals surface area contributed by atoms with Crippen molar-refractivity contribution >= 4 is 23.2 Å². The van der Waals surface area contributed by atoms with Crippen LogP contribution in [0.25, 0.3) is 11.1 Å². The molecule has 3 aromatic carbocycles. The Morgan fingerprint density at radius 3 is 2.69 bits per heavy atom. The first-order valence-corrected chi connectivity index (χ1v) is 8.88. The van der Waals surface area contributed by atoms with E-state index in [1.54, 1.807) is 12.1 Å². The van der Waals surface area contributed by atoms with Gasteiger partial charge >= 0.3 is 0 Å². The van der Waals surface area contributed by atoms with Gasteiger partial charge in [-0.05, 0) is 71.5 Å². The average Bonchev–Trinajstić information content (AvgIpc) is 2.98. The third kappa shape index (κ3) is 3.31. The van der Waals surface area contributed by atoms with Crippen molar-refractivity contribution in [2.24, 2.45) is 0 Å². The lowest BCUT2D eigenvalue weighted by Crippen LogP contribution is -2.20. The Bertz CT molecular complexity index is 997. The molecule has 1 N–H and O–H groups in total. The second-order valence-corrected chi connectivity index (χ2v) is 6.89. The predicted molar refractivity (Wildman–Crippen MR) is 105 cm³/mol. The zero-order chi connectivity index (χ0) is 18.1. The van der Waals surface area contributed by atoms with E-state index < -0.39 is 0 Å². The molecule has 1 aliphatic carbocycles. The maximum absolute atomic E-state index is 12.2. The Balaban J connectivity index is 1.42. The summed E-state index contributed by atoms with van der Waals surface area (Å²) < 4.78 is 5.60. The van der Waals surface area contributed by atoms with Crippen molar-refractivity contribution in [1.29, 1.82) is 0 Å². The van der Waals surface area contributed by atoms with E-state index in [-0.39, 0.29) is 12.5 Å². The van der Waals surface area contributed by atoms with Crippen LogP contribution in [0.2, 0.25) is 5.02 Å². The standard InChI is InChI=1S/C22H18ClNO2/c1-14-10-17(23)6-9-21(14)26-13-22(25)24-18-7-8-20-16(12-18)11-15-4-2-3-5-19(15)20/h2-10,12H,11,13H2,1H3,(H,24,25). The molecular formula is C22H18ClNO2. The van der Waals surface area contributed by atoms with Crippen LogP contribution in [-0.2, 0) is 11.2 Å². The number of anilines is 1. The van der Waals surface area contributed by atoms with Gasteiger partial charge in [-0.15, -0.1) is 0 Å². The molecule has 0 aliphatic heterocycles. The van der Waals surface area contributed by atoms with E-state index in [2.05, 4.69) is 35.6 Å². The molecule has 0 atom stereocenters. The number of rotatable bonds is 4. The number of carbonyl (C=O) groups is 1. The van der Waals surface area contributed by atoms with E-state index in [0.717, 1.165) is 17.7 Å². The summed E-state index contributed by atoms with van der Waals surface area (Å²) in [4.78, 5) is 12.2. The highest BCUT2D eigenvalue weighted by Gasteiger charge is 2.18. The summed E-state index contributed by atoms with van der Waals surface area (Å²) in [5.41, 5.74) is 6.78. The van der Waals surface area contributed by atoms with Crippen LogP contribution >= 0.6 is 11.6 Å². The third-order valence-corrected chi connectivity index (χ3v) is 4.81. The minimum absolute atomic E-state index is 0.0419. The molecule has 0 unspecified atom stereocenters. The number of halogens is 1. The van der Waals surface area contributed by atoms with Gasteiger partial charge in [0.1, 0.15) is 5.75 Å². The predicted octanol–water partition coefficient (Wildman–Crippen LogP) is 5.24. The SMILES string of the molecule is Cc1cc(Cl)ccc1OCC(=O)Nc1ccc2c(c1)Cc1ccccc1-2. The Kier molecular flexibility index (Phi) is 4.39. The van der Waals surface area contributed by atoms with Crippen LogP contribution in [0.1, 0.15) is 16.7 Å². The second-order valence-electron chi connectivity index (χ2n) is 6.45. The summed E-state index contributed by atoms with van der Waals surface area (Å²) in [6.45, 7) is 1.86. The van der Waals surface area contributed by atoms with Crippen molar-refractivity contribution in [2.45, 2.75) is 13.3 Å². The monoisotopic (exact) mass is 363 g/mol. The minimum Gasteiger partial charge on any atom is -0.483 e. The minimum atomic E-state index is -0.185. The highest BCUT2D eigenvalue weighted by atomic mass is 35.5. The van der Waals surface area contributed by atoms with Crippen LogP contribution in [0.4, 0.5) is 5.69 Å². The number of hydrogen-bond donors (Lipinski definition) is 1. The van der Waals surface area contributed by atoms with Gasteiger partial charge in [0.2, 0.25) is 0 Å². The molecule has 4 heteroatoms. The molecule has 0 aromatic heterocycles. The van der Waals surface area contributed by atoms with E-state index in [4.69, 9.17) is 16.3 Å². The maximum Gasteiger partial charge on any atom is 0.262 e. The lowest BCUT2D eigenvalue weighted by molar-refractivity contribution is -0.118. The molecule has 0 fully saturated rings. The topological polar surface area (TPSA) is 38.3 Å². The number of hydrogen-bond acceptors (Lipinski definition) is 2. The van der Waals surface area contributed by atoms with Crippen molar-refractivity contribution in [3.63, 3.8) is 0 Å². The smallest absolute Gasteiger partial charge is 0.262 e. The molecule has 0 radical (unpaired) electrons. The molecule has 3 aromatic rings. The van der Waals surface area contributed by atoms with E-state index in [1.165, 1.54) is 22.3 Å². The fourth-order valence-electron chi connectivity index (χ4n) is 3.34. The quantitative estimate of drug-likeness (QED) is 0.538. The number of nitrogens with one attached hydrogen (secondary N) is 1. The van der Waals surface area contributed by atoms with Crippen LogP contribution in [0.15, 0.2) is 60.7 Å². The molecule has 3 nitrogen and oxygen atoms in total. The summed E-state index contributed by atoms with van der Waals surface area (Å²) in [7, 11) is 0. The molecular weight excluding hydrogens is 346 g/mol. The first-order chi connectivity index (χ1) is 12.6. The lowest BCUT2D eigenvalue weighted by Gasteiger charge is -2.11. The number of benzene rings is 3. The van der Waals surface area contributed by atoms with Crippen LogP contribution in [0.5, 0.6) is 5.75 Å². The third-order valence-electron chi connectivity index (χ3n) is 4.57. The van der Waals surface area contributed by atoms with Crippen molar-refractivity contribution < 1.29 is 9.53 Å². The maximum atomic E-state index is 12.2. The van der Waals surface area contributed by atoms with Crippen LogP contribution in [0, 0.1) is 6.92 Å². The molecule has 0 saturated carbocycles. The Hall–Kier alpha value is -2.78. The van der Waals surface area contributed by atoms with Gasteiger partial charge in [0, 0.05) is 10.7 Å². The zero-order valence-electron chi connectivity index (χ0n) is 14.4. The Morgan fingerprint density at radius 1 is 1.04 bits per heavy atom. The average molecular weight is 364 g/mol.